The van der Waals surface area contributed by atoms with Gasteiger partial charge in [0.2, 0.25) is 0 Å². The number of rotatable bonds is 3. The largest absolute Gasteiger partial charge is 0.313 e. The Morgan fingerprint density at radius 2 is 2.18 bits per heavy atom. The Morgan fingerprint density at radius 1 is 1.41 bits per heavy atom. The summed E-state index contributed by atoms with van der Waals surface area (Å²) < 4.78 is 2.93. The molecule has 0 amide bonds. The van der Waals surface area contributed by atoms with Gasteiger partial charge in [-0.25, -0.2) is 0 Å². The number of hydrogen-bond acceptors (Lipinski definition) is 2. The van der Waals surface area contributed by atoms with E-state index in [4.69, 9.17) is 11.6 Å². The quantitative estimate of drug-likeness (QED) is 0.857. The van der Waals surface area contributed by atoms with Crippen molar-refractivity contribution in [3.05, 3.63) is 34.0 Å². The maximum Gasteiger partial charge on any atom is 0.163 e. The number of aromatic nitrogens is 3. The zero-order valence-electron chi connectivity index (χ0n) is 9.69. The first-order chi connectivity index (χ1) is 8.08. The first-order valence-electron chi connectivity index (χ1n) is 5.41. The molecule has 0 unspecified atom stereocenters. The van der Waals surface area contributed by atoms with Crippen molar-refractivity contribution in [2.24, 2.45) is 5.92 Å². The highest BCUT2D eigenvalue weighted by Gasteiger charge is 2.09. The van der Waals surface area contributed by atoms with Crippen LogP contribution in [0.4, 0.5) is 0 Å². The Hall–Kier alpha value is -0.870. The lowest BCUT2D eigenvalue weighted by Gasteiger charge is -2.09. The second-order valence-electron chi connectivity index (χ2n) is 4.33. The van der Waals surface area contributed by atoms with Crippen LogP contribution in [-0.4, -0.2) is 14.8 Å². The van der Waals surface area contributed by atoms with Gasteiger partial charge in [-0.1, -0.05) is 25.4 Å². The van der Waals surface area contributed by atoms with Gasteiger partial charge in [-0.05, 0) is 40.0 Å². The number of halogens is 2. The standard InChI is InChI=1S/C12H13BrClN3/c1-8(2)6-17-7-15-16-12(17)9-3-4-10(13)11(14)5-9/h3-5,7-8H,6H2,1-2H3. The minimum atomic E-state index is 0.552. The molecule has 0 N–H and O–H groups in total. The first-order valence-corrected chi connectivity index (χ1v) is 6.58. The van der Waals surface area contributed by atoms with Crippen LogP contribution < -0.4 is 0 Å². The molecule has 17 heavy (non-hydrogen) atoms. The molecular weight excluding hydrogens is 302 g/mol. The van der Waals surface area contributed by atoms with Gasteiger partial charge in [0.05, 0.1) is 5.02 Å². The molecule has 0 spiro atoms. The van der Waals surface area contributed by atoms with Gasteiger partial charge in [0, 0.05) is 16.6 Å². The fourth-order valence-electron chi connectivity index (χ4n) is 1.64. The second kappa shape index (κ2) is 5.19. The van der Waals surface area contributed by atoms with Crippen LogP contribution in [0.25, 0.3) is 11.4 Å². The second-order valence-corrected chi connectivity index (χ2v) is 5.59. The van der Waals surface area contributed by atoms with Gasteiger partial charge in [0.1, 0.15) is 6.33 Å². The number of benzene rings is 1. The average molecular weight is 315 g/mol. The van der Waals surface area contributed by atoms with Gasteiger partial charge >= 0.3 is 0 Å². The van der Waals surface area contributed by atoms with Crippen LogP contribution in [0.5, 0.6) is 0 Å². The lowest BCUT2D eigenvalue weighted by atomic mass is 10.2. The fraction of sp³-hybridized carbons (Fsp3) is 0.333. The Morgan fingerprint density at radius 3 is 2.82 bits per heavy atom. The van der Waals surface area contributed by atoms with E-state index in [0.717, 1.165) is 22.4 Å². The van der Waals surface area contributed by atoms with E-state index in [1.54, 1.807) is 6.33 Å². The molecular formula is C12H13BrClN3. The van der Waals surface area contributed by atoms with E-state index in [1.165, 1.54) is 0 Å². The lowest BCUT2D eigenvalue weighted by molar-refractivity contribution is 0.525. The molecule has 0 aliphatic rings. The molecule has 3 nitrogen and oxygen atoms in total. The molecule has 5 heteroatoms. The number of hydrogen-bond donors (Lipinski definition) is 0. The van der Waals surface area contributed by atoms with E-state index in [1.807, 2.05) is 22.8 Å². The van der Waals surface area contributed by atoms with Crippen molar-refractivity contribution in [3.63, 3.8) is 0 Å². The van der Waals surface area contributed by atoms with Crippen molar-refractivity contribution in [2.45, 2.75) is 20.4 Å². The zero-order chi connectivity index (χ0) is 12.4. The van der Waals surface area contributed by atoms with E-state index in [-0.39, 0.29) is 0 Å². The number of nitrogens with zero attached hydrogens (tertiary/aromatic N) is 3. The van der Waals surface area contributed by atoms with Gasteiger partial charge in [0.25, 0.3) is 0 Å². The molecule has 0 radical (unpaired) electrons. The van der Waals surface area contributed by atoms with E-state index < -0.39 is 0 Å². The SMILES string of the molecule is CC(C)Cn1cnnc1-c1ccc(Br)c(Cl)c1. The Labute approximate surface area is 114 Å². The van der Waals surface area contributed by atoms with Gasteiger partial charge in [-0.2, -0.15) is 0 Å². The van der Waals surface area contributed by atoms with Crippen molar-refractivity contribution in [2.75, 3.05) is 0 Å². The van der Waals surface area contributed by atoms with E-state index in [0.29, 0.717) is 10.9 Å². The van der Waals surface area contributed by atoms with E-state index in [9.17, 15) is 0 Å². The fourth-order valence-corrected chi connectivity index (χ4v) is 2.07. The molecule has 2 rings (SSSR count). The lowest BCUT2D eigenvalue weighted by Crippen LogP contribution is -2.05. The molecule has 1 aromatic heterocycles. The van der Waals surface area contributed by atoms with Crippen molar-refractivity contribution in [3.8, 4) is 11.4 Å². The smallest absolute Gasteiger partial charge is 0.163 e. The van der Waals surface area contributed by atoms with E-state index >= 15 is 0 Å². The summed E-state index contributed by atoms with van der Waals surface area (Å²) in [5.74, 6) is 1.41. The van der Waals surface area contributed by atoms with Gasteiger partial charge in [-0.3, -0.25) is 0 Å². The predicted octanol–water partition coefficient (Wildman–Crippen LogP) is 4.02. The first kappa shape index (κ1) is 12.6. The molecule has 0 bridgehead atoms. The highest BCUT2D eigenvalue weighted by atomic mass is 79.9. The molecule has 90 valence electrons. The van der Waals surface area contributed by atoms with Crippen LogP contribution in [0, 0.1) is 5.92 Å². The summed E-state index contributed by atoms with van der Waals surface area (Å²) in [4.78, 5) is 0. The normalized spacial score (nSPS) is 11.1. The van der Waals surface area contributed by atoms with Gasteiger partial charge in [-0.15, -0.1) is 10.2 Å². The summed E-state index contributed by atoms with van der Waals surface area (Å²) in [5, 5.41) is 8.79. The van der Waals surface area contributed by atoms with E-state index in [2.05, 4.69) is 40.0 Å². The molecule has 0 saturated carbocycles. The summed E-state index contributed by atoms with van der Waals surface area (Å²) in [6.07, 6.45) is 1.76. The van der Waals surface area contributed by atoms with Crippen LogP contribution in [0.3, 0.4) is 0 Å². The molecule has 0 saturated heterocycles. The van der Waals surface area contributed by atoms with Crippen LogP contribution in [0.2, 0.25) is 5.02 Å². The summed E-state index contributed by atoms with van der Waals surface area (Å²) in [6, 6.07) is 5.80. The predicted molar refractivity (Wildman–Crippen MR) is 73.0 cm³/mol. The van der Waals surface area contributed by atoms with Crippen LogP contribution in [0.1, 0.15) is 13.8 Å². The third-order valence-corrected chi connectivity index (χ3v) is 3.59. The maximum absolute atomic E-state index is 6.08. The molecule has 0 aliphatic heterocycles. The Bertz CT molecular complexity index is 522. The summed E-state index contributed by atoms with van der Waals surface area (Å²) in [6.45, 7) is 5.23. The third kappa shape index (κ3) is 2.87. The van der Waals surface area contributed by atoms with Gasteiger partial charge < -0.3 is 4.57 Å². The minimum absolute atomic E-state index is 0.552. The Balaban J connectivity index is 2.39. The summed E-state index contributed by atoms with van der Waals surface area (Å²) in [7, 11) is 0. The molecule has 0 fully saturated rings. The van der Waals surface area contributed by atoms with Crippen molar-refractivity contribution in [1.82, 2.24) is 14.8 Å². The Kier molecular flexibility index (Phi) is 3.84. The minimum Gasteiger partial charge on any atom is -0.313 e. The molecule has 2 aromatic rings. The molecule has 0 aliphatic carbocycles. The highest BCUT2D eigenvalue weighted by molar-refractivity contribution is 9.10. The maximum atomic E-state index is 6.08. The molecule has 0 atom stereocenters. The van der Waals surface area contributed by atoms with Gasteiger partial charge in [0.15, 0.2) is 5.82 Å². The highest BCUT2D eigenvalue weighted by Crippen LogP contribution is 2.27. The topological polar surface area (TPSA) is 30.7 Å². The monoisotopic (exact) mass is 313 g/mol. The third-order valence-electron chi connectivity index (χ3n) is 2.36. The van der Waals surface area contributed by atoms with Crippen molar-refractivity contribution < 1.29 is 0 Å². The molecule has 1 aromatic carbocycles. The van der Waals surface area contributed by atoms with Crippen LogP contribution in [-0.2, 0) is 6.54 Å². The zero-order valence-corrected chi connectivity index (χ0v) is 12.0. The summed E-state index contributed by atoms with van der Waals surface area (Å²) >= 11 is 9.46. The average Bonchev–Trinajstić information content (AvgIpc) is 2.69. The van der Waals surface area contributed by atoms with Crippen LogP contribution >= 0.6 is 27.5 Å². The summed E-state index contributed by atoms with van der Waals surface area (Å²) in [5.41, 5.74) is 0.983. The van der Waals surface area contributed by atoms with Crippen molar-refractivity contribution >= 4 is 27.5 Å². The molecule has 1 heterocycles. The van der Waals surface area contributed by atoms with Crippen molar-refractivity contribution in [1.29, 1.82) is 0 Å². The van der Waals surface area contributed by atoms with Crippen LogP contribution in [0.15, 0.2) is 29.0 Å².